The fourth-order valence-electron chi connectivity index (χ4n) is 2.13. The molecule has 0 unspecified atom stereocenters. The highest BCUT2D eigenvalue weighted by atomic mass is 127. The van der Waals surface area contributed by atoms with Crippen LogP contribution in [0.4, 0.5) is 0 Å². The highest BCUT2D eigenvalue weighted by molar-refractivity contribution is 14.1. The highest BCUT2D eigenvalue weighted by Crippen LogP contribution is 2.28. The zero-order valence-electron chi connectivity index (χ0n) is 10.0. The van der Waals surface area contributed by atoms with Crippen LogP contribution in [-0.4, -0.2) is 9.55 Å². The third kappa shape index (κ3) is 2.14. The lowest BCUT2D eigenvalue weighted by Crippen LogP contribution is -1.95. The summed E-state index contributed by atoms with van der Waals surface area (Å²) in [4.78, 5) is 3.08. The Hall–Kier alpha value is -1.36. The van der Waals surface area contributed by atoms with E-state index >= 15 is 0 Å². The van der Waals surface area contributed by atoms with E-state index in [1.165, 1.54) is 0 Å². The largest absolute Gasteiger partial charge is 0.329 e. The minimum Gasteiger partial charge on any atom is -0.329 e. The predicted octanol–water partition coefficient (Wildman–Crippen LogP) is 4.82. The number of aromatic amines is 1. The standard InChI is InChI=1S/C14H7ClIN3S/c15-10-6-9(16)4-5-11(10)19-12-3-1-2-8(7-17)13(12)18-14(19)20/h1-6H,(H,18,20). The molecular formula is C14H7ClIN3S. The van der Waals surface area contributed by atoms with E-state index in [-0.39, 0.29) is 0 Å². The molecule has 6 heteroatoms. The maximum Gasteiger partial charge on any atom is 0.182 e. The van der Waals surface area contributed by atoms with E-state index in [1.54, 1.807) is 6.07 Å². The van der Waals surface area contributed by atoms with Crippen LogP contribution in [0.25, 0.3) is 16.7 Å². The molecule has 0 saturated heterocycles. The molecule has 0 bridgehead atoms. The Balaban J connectivity index is 2.41. The molecule has 0 radical (unpaired) electrons. The van der Waals surface area contributed by atoms with Gasteiger partial charge in [-0.15, -0.1) is 0 Å². The van der Waals surface area contributed by atoms with Crippen molar-refractivity contribution in [3.63, 3.8) is 0 Å². The normalized spacial score (nSPS) is 10.7. The van der Waals surface area contributed by atoms with Gasteiger partial charge in [0.05, 0.1) is 27.3 Å². The van der Waals surface area contributed by atoms with Gasteiger partial charge in [-0.3, -0.25) is 4.57 Å². The number of H-pyrrole nitrogens is 1. The first-order chi connectivity index (χ1) is 9.61. The topological polar surface area (TPSA) is 44.5 Å². The summed E-state index contributed by atoms with van der Waals surface area (Å²) >= 11 is 13.9. The second kappa shape index (κ2) is 5.20. The monoisotopic (exact) mass is 411 g/mol. The molecule has 0 spiro atoms. The molecule has 0 atom stereocenters. The van der Waals surface area contributed by atoms with Gasteiger partial charge >= 0.3 is 0 Å². The molecule has 98 valence electrons. The van der Waals surface area contributed by atoms with Crippen molar-refractivity contribution in [3.8, 4) is 11.8 Å². The van der Waals surface area contributed by atoms with Gasteiger partial charge in [-0.1, -0.05) is 17.7 Å². The summed E-state index contributed by atoms with van der Waals surface area (Å²) in [6, 6.07) is 13.4. The Morgan fingerprint density at radius 3 is 2.80 bits per heavy atom. The van der Waals surface area contributed by atoms with Gasteiger partial charge in [0.1, 0.15) is 6.07 Å². The van der Waals surface area contributed by atoms with Crippen molar-refractivity contribution in [1.29, 1.82) is 5.26 Å². The third-order valence-corrected chi connectivity index (χ3v) is 4.25. The lowest BCUT2D eigenvalue weighted by molar-refractivity contribution is 1.06. The Morgan fingerprint density at radius 2 is 2.10 bits per heavy atom. The maximum absolute atomic E-state index is 9.16. The molecule has 20 heavy (non-hydrogen) atoms. The summed E-state index contributed by atoms with van der Waals surface area (Å²) in [5, 5.41) is 9.78. The van der Waals surface area contributed by atoms with E-state index in [2.05, 4.69) is 33.6 Å². The Labute approximate surface area is 138 Å². The van der Waals surface area contributed by atoms with Crippen LogP contribution in [0.5, 0.6) is 0 Å². The fraction of sp³-hybridized carbons (Fsp3) is 0. The molecule has 3 aromatic rings. The lowest BCUT2D eigenvalue weighted by Gasteiger charge is -2.07. The van der Waals surface area contributed by atoms with E-state index in [1.807, 2.05) is 34.9 Å². The van der Waals surface area contributed by atoms with Crippen LogP contribution < -0.4 is 0 Å². The van der Waals surface area contributed by atoms with Crippen LogP contribution in [0.15, 0.2) is 36.4 Å². The predicted molar refractivity (Wildman–Crippen MR) is 90.9 cm³/mol. The van der Waals surface area contributed by atoms with Crippen molar-refractivity contribution in [2.45, 2.75) is 0 Å². The quantitative estimate of drug-likeness (QED) is 0.461. The fourth-order valence-corrected chi connectivity index (χ4v) is 3.36. The van der Waals surface area contributed by atoms with E-state index in [4.69, 9.17) is 29.1 Å². The Bertz CT molecular complexity index is 920. The first-order valence-electron chi connectivity index (χ1n) is 5.71. The molecule has 1 heterocycles. The zero-order chi connectivity index (χ0) is 14.3. The molecule has 0 amide bonds. The summed E-state index contributed by atoms with van der Waals surface area (Å²) < 4.78 is 3.43. The van der Waals surface area contributed by atoms with Crippen molar-refractivity contribution in [2.75, 3.05) is 0 Å². The number of nitrogens with zero attached hydrogens (tertiary/aromatic N) is 2. The zero-order valence-corrected chi connectivity index (χ0v) is 13.8. The van der Waals surface area contributed by atoms with Crippen molar-refractivity contribution >= 4 is 57.4 Å². The van der Waals surface area contributed by atoms with Gasteiger partial charge in [-0.25, -0.2) is 0 Å². The smallest absolute Gasteiger partial charge is 0.182 e. The molecule has 3 rings (SSSR count). The molecule has 2 aromatic carbocycles. The van der Waals surface area contributed by atoms with Gasteiger partial charge < -0.3 is 4.98 Å². The summed E-state index contributed by atoms with van der Waals surface area (Å²) in [6.45, 7) is 0. The number of aromatic nitrogens is 2. The number of benzene rings is 2. The van der Waals surface area contributed by atoms with Gasteiger partial charge in [-0.2, -0.15) is 5.26 Å². The highest BCUT2D eigenvalue weighted by Gasteiger charge is 2.12. The minimum atomic E-state index is 0.519. The molecule has 0 aliphatic heterocycles. The number of hydrogen-bond donors (Lipinski definition) is 1. The number of hydrogen-bond acceptors (Lipinski definition) is 2. The van der Waals surface area contributed by atoms with Gasteiger partial charge in [0, 0.05) is 3.57 Å². The lowest BCUT2D eigenvalue weighted by atomic mass is 10.2. The SMILES string of the molecule is N#Cc1cccc2c1[nH]c(=S)n2-c1ccc(I)cc1Cl. The minimum absolute atomic E-state index is 0.519. The average molecular weight is 412 g/mol. The second-order valence-corrected chi connectivity index (χ2v) is 6.21. The van der Waals surface area contributed by atoms with E-state index < -0.39 is 0 Å². The van der Waals surface area contributed by atoms with Gasteiger partial charge in [0.15, 0.2) is 4.77 Å². The van der Waals surface area contributed by atoms with Gasteiger partial charge in [0.2, 0.25) is 0 Å². The van der Waals surface area contributed by atoms with E-state index in [0.29, 0.717) is 15.4 Å². The number of halogens is 2. The number of fused-ring (bicyclic) bond motifs is 1. The Kier molecular flexibility index (Phi) is 3.54. The van der Waals surface area contributed by atoms with E-state index in [9.17, 15) is 0 Å². The second-order valence-electron chi connectivity index (χ2n) is 4.17. The van der Waals surface area contributed by atoms with Crippen molar-refractivity contribution in [3.05, 3.63) is 55.3 Å². The Morgan fingerprint density at radius 1 is 1.30 bits per heavy atom. The number of rotatable bonds is 1. The van der Waals surface area contributed by atoms with Crippen LogP contribution in [0.3, 0.4) is 0 Å². The molecule has 0 fully saturated rings. The van der Waals surface area contributed by atoms with Crippen molar-refractivity contribution < 1.29 is 0 Å². The van der Waals surface area contributed by atoms with Crippen LogP contribution in [0, 0.1) is 19.7 Å². The molecule has 0 aliphatic carbocycles. The number of imidazole rings is 1. The van der Waals surface area contributed by atoms with Crippen LogP contribution in [-0.2, 0) is 0 Å². The molecular weight excluding hydrogens is 405 g/mol. The first-order valence-corrected chi connectivity index (χ1v) is 7.57. The summed E-state index contributed by atoms with van der Waals surface area (Å²) in [5.74, 6) is 0. The first kappa shape index (κ1) is 13.6. The molecule has 0 saturated carbocycles. The maximum atomic E-state index is 9.16. The van der Waals surface area contributed by atoms with Crippen LogP contribution in [0.1, 0.15) is 5.56 Å². The molecule has 1 aromatic heterocycles. The van der Waals surface area contributed by atoms with E-state index in [0.717, 1.165) is 20.3 Å². The molecule has 0 aliphatic rings. The van der Waals surface area contributed by atoms with Crippen LogP contribution >= 0.6 is 46.4 Å². The van der Waals surface area contributed by atoms with Gasteiger partial charge in [-0.05, 0) is 65.1 Å². The number of nitriles is 1. The van der Waals surface area contributed by atoms with Crippen molar-refractivity contribution in [1.82, 2.24) is 9.55 Å². The van der Waals surface area contributed by atoms with Gasteiger partial charge in [0.25, 0.3) is 0 Å². The third-order valence-electron chi connectivity index (χ3n) is 2.99. The average Bonchev–Trinajstić information content (AvgIpc) is 2.75. The van der Waals surface area contributed by atoms with Crippen LogP contribution in [0.2, 0.25) is 5.02 Å². The molecule has 1 N–H and O–H groups in total. The number of nitrogens with one attached hydrogen (secondary N) is 1. The number of para-hydroxylation sites is 1. The summed E-state index contributed by atoms with van der Waals surface area (Å²) in [5.41, 5.74) is 2.94. The molecule has 3 nitrogen and oxygen atoms in total. The summed E-state index contributed by atoms with van der Waals surface area (Å²) in [6.07, 6.45) is 0. The summed E-state index contributed by atoms with van der Waals surface area (Å²) in [7, 11) is 0. The van der Waals surface area contributed by atoms with Crippen molar-refractivity contribution in [2.24, 2.45) is 0 Å².